The second kappa shape index (κ2) is 8.64. The number of halogens is 1. The molecule has 5 nitrogen and oxygen atoms in total. The fraction of sp³-hybridized carbons (Fsp3) is 0.467. The standard InChI is InChI=1S/C15H21ClN2O3/c1-2-10(7-8-17)3-6-14(19)18-13-9-11(16)4-5-12(13)15(20)21/h4-5,9-10H,2-3,6-8,17H2,1H3,(H,18,19)(H,20,21). The average Bonchev–Trinajstić information content (AvgIpc) is 2.43. The fourth-order valence-corrected chi connectivity index (χ4v) is 2.31. The molecule has 0 bridgehead atoms. The maximum Gasteiger partial charge on any atom is 0.337 e. The molecule has 6 heteroatoms. The molecule has 0 heterocycles. The van der Waals surface area contributed by atoms with Crippen molar-refractivity contribution in [2.24, 2.45) is 11.7 Å². The van der Waals surface area contributed by atoms with Gasteiger partial charge in [0.2, 0.25) is 5.91 Å². The number of nitrogens with one attached hydrogen (secondary N) is 1. The summed E-state index contributed by atoms with van der Waals surface area (Å²) in [5, 5.41) is 12.1. The Kier molecular flexibility index (Phi) is 7.19. The fourth-order valence-electron chi connectivity index (χ4n) is 2.14. The highest BCUT2D eigenvalue weighted by atomic mass is 35.5. The highest BCUT2D eigenvalue weighted by molar-refractivity contribution is 6.31. The van der Waals surface area contributed by atoms with Crippen LogP contribution in [0.3, 0.4) is 0 Å². The molecule has 0 saturated carbocycles. The van der Waals surface area contributed by atoms with Gasteiger partial charge in [-0.15, -0.1) is 0 Å². The van der Waals surface area contributed by atoms with Gasteiger partial charge in [-0.2, -0.15) is 0 Å². The van der Waals surface area contributed by atoms with Gasteiger partial charge in [0.25, 0.3) is 0 Å². The molecule has 1 rings (SSSR count). The summed E-state index contributed by atoms with van der Waals surface area (Å²) in [6, 6.07) is 4.30. The Balaban J connectivity index is 2.66. The summed E-state index contributed by atoms with van der Waals surface area (Å²) in [4.78, 5) is 23.0. The average molecular weight is 313 g/mol. The SMILES string of the molecule is CCC(CCN)CCC(=O)Nc1cc(Cl)ccc1C(=O)O. The molecular formula is C15H21ClN2O3. The molecule has 0 aliphatic carbocycles. The van der Waals surface area contributed by atoms with Gasteiger partial charge in [0.1, 0.15) is 0 Å². The van der Waals surface area contributed by atoms with Crippen LogP contribution >= 0.6 is 11.6 Å². The first-order valence-corrected chi connectivity index (χ1v) is 7.38. The molecule has 0 aliphatic rings. The number of carbonyl (C=O) groups is 2. The third kappa shape index (κ3) is 5.73. The normalized spacial score (nSPS) is 12.0. The molecule has 1 atom stereocenters. The third-order valence-corrected chi connectivity index (χ3v) is 3.65. The van der Waals surface area contributed by atoms with Crippen molar-refractivity contribution in [3.05, 3.63) is 28.8 Å². The largest absolute Gasteiger partial charge is 0.478 e. The summed E-state index contributed by atoms with van der Waals surface area (Å²) in [5.74, 6) is -0.897. The van der Waals surface area contributed by atoms with Crippen LogP contribution in [-0.4, -0.2) is 23.5 Å². The lowest BCUT2D eigenvalue weighted by molar-refractivity contribution is -0.116. The first-order valence-electron chi connectivity index (χ1n) is 7.00. The zero-order valence-electron chi connectivity index (χ0n) is 12.1. The zero-order valence-corrected chi connectivity index (χ0v) is 12.8. The van der Waals surface area contributed by atoms with Crippen molar-refractivity contribution >= 4 is 29.2 Å². The van der Waals surface area contributed by atoms with E-state index >= 15 is 0 Å². The van der Waals surface area contributed by atoms with Crippen LogP contribution in [0.25, 0.3) is 0 Å². The van der Waals surface area contributed by atoms with Crippen LogP contribution in [0.2, 0.25) is 5.02 Å². The van der Waals surface area contributed by atoms with Crippen molar-refractivity contribution in [3.63, 3.8) is 0 Å². The maximum absolute atomic E-state index is 11.9. The van der Waals surface area contributed by atoms with Crippen LogP contribution in [0.15, 0.2) is 18.2 Å². The molecule has 0 fully saturated rings. The second-order valence-corrected chi connectivity index (χ2v) is 5.37. The smallest absolute Gasteiger partial charge is 0.337 e. The van der Waals surface area contributed by atoms with Gasteiger partial charge < -0.3 is 16.2 Å². The minimum atomic E-state index is -1.10. The Morgan fingerprint density at radius 3 is 2.67 bits per heavy atom. The van der Waals surface area contributed by atoms with E-state index in [9.17, 15) is 9.59 Å². The molecular weight excluding hydrogens is 292 g/mol. The predicted octanol–water partition coefficient (Wildman–Crippen LogP) is 3.13. The predicted molar refractivity (Wildman–Crippen MR) is 83.7 cm³/mol. The van der Waals surface area contributed by atoms with E-state index in [1.807, 2.05) is 0 Å². The third-order valence-electron chi connectivity index (χ3n) is 3.42. The summed E-state index contributed by atoms with van der Waals surface area (Å²) >= 11 is 5.84. The first kappa shape index (κ1) is 17.5. The molecule has 0 aliphatic heterocycles. The summed E-state index contributed by atoms with van der Waals surface area (Å²) in [6.07, 6.45) is 2.94. The van der Waals surface area contributed by atoms with Gasteiger partial charge in [0.15, 0.2) is 0 Å². The highest BCUT2D eigenvalue weighted by Gasteiger charge is 2.14. The van der Waals surface area contributed by atoms with Crippen LogP contribution in [0, 0.1) is 5.92 Å². The lowest BCUT2D eigenvalue weighted by atomic mass is 9.96. The van der Waals surface area contributed by atoms with Crippen molar-refractivity contribution in [1.29, 1.82) is 0 Å². The number of hydrogen-bond donors (Lipinski definition) is 3. The molecule has 1 unspecified atom stereocenters. The van der Waals surface area contributed by atoms with Crippen LogP contribution in [0.5, 0.6) is 0 Å². The molecule has 1 aromatic rings. The number of hydrogen-bond acceptors (Lipinski definition) is 3. The van der Waals surface area contributed by atoms with Crippen LogP contribution in [-0.2, 0) is 4.79 Å². The van der Waals surface area contributed by atoms with E-state index in [-0.39, 0.29) is 17.2 Å². The Labute approximate surface area is 129 Å². The second-order valence-electron chi connectivity index (χ2n) is 4.93. The van der Waals surface area contributed by atoms with Gasteiger partial charge in [-0.3, -0.25) is 4.79 Å². The van der Waals surface area contributed by atoms with Crippen molar-refractivity contribution in [2.75, 3.05) is 11.9 Å². The Hall–Kier alpha value is -1.59. The van der Waals surface area contributed by atoms with Crippen LogP contribution in [0.1, 0.15) is 43.0 Å². The topological polar surface area (TPSA) is 92.4 Å². The molecule has 1 aromatic carbocycles. The summed E-state index contributed by atoms with van der Waals surface area (Å²) in [7, 11) is 0. The number of nitrogens with two attached hydrogens (primary N) is 1. The molecule has 0 radical (unpaired) electrons. The number of rotatable bonds is 8. The summed E-state index contributed by atoms with van der Waals surface area (Å²) in [6.45, 7) is 2.68. The van der Waals surface area contributed by atoms with Gasteiger partial charge >= 0.3 is 5.97 Å². The lowest BCUT2D eigenvalue weighted by Gasteiger charge is -2.14. The molecule has 116 valence electrons. The van der Waals surface area contributed by atoms with E-state index < -0.39 is 5.97 Å². The number of aromatic carboxylic acids is 1. The van der Waals surface area contributed by atoms with E-state index in [0.29, 0.717) is 23.9 Å². The quantitative estimate of drug-likeness (QED) is 0.687. The summed E-state index contributed by atoms with van der Waals surface area (Å²) < 4.78 is 0. The number of carboxylic acid groups (broad SMARTS) is 1. The van der Waals surface area contributed by atoms with Crippen LogP contribution in [0.4, 0.5) is 5.69 Å². The number of amides is 1. The van der Waals surface area contributed by atoms with Crippen molar-refractivity contribution < 1.29 is 14.7 Å². The van der Waals surface area contributed by atoms with E-state index in [1.165, 1.54) is 18.2 Å². The van der Waals surface area contributed by atoms with Gasteiger partial charge in [-0.1, -0.05) is 24.9 Å². The molecule has 4 N–H and O–H groups in total. The van der Waals surface area contributed by atoms with E-state index in [4.69, 9.17) is 22.4 Å². The Morgan fingerprint density at radius 2 is 2.10 bits per heavy atom. The number of anilines is 1. The molecule has 1 amide bonds. The van der Waals surface area contributed by atoms with E-state index in [2.05, 4.69) is 12.2 Å². The van der Waals surface area contributed by atoms with Gasteiger partial charge in [0, 0.05) is 11.4 Å². The minimum absolute atomic E-state index is 0.0294. The Bertz CT molecular complexity index is 506. The highest BCUT2D eigenvalue weighted by Crippen LogP contribution is 2.22. The van der Waals surface area contributed by atoms with Gasteiger partial charge in [-0.25, -0.2) is 4.79 Å². The van der Waals surface area contributed by atoms with Crippen LogP contribution < -0.4 is 11.1 Å². The zero-order chi connectivity index (χ0) is 15.8. The molecule has 0 spiro atoms. The van der Waals surface area contributed by atoms with Gasteiger partial charge in [-0.05, 0) is 43.5 Å². The molecule has 0 saturated heterocycles. The number of carbonyl (C=O) groups excluding carboxylic acids is 1. The summed E-state index contributed by atoms with van der Waals surface area (Å²) in [5.41, 5.74) is 5.78. The maximum atomic E-state index is 11.9. The lowest BCUT2D eigenvalue weighted by Crippen LogP contribution is -2.16. The number of benzene rings is 1. The van der Waals surface area contributed by atoms with Crippen molar-refractivity contribution in [1.82, 2.24) is 0 Å². The first-order chi connectivity index (χ1) is 9.97. The molecule has 0 aromatic heterocycles. The molecule has 21 heavy (non-hydrogen) atoms. The van der Waals surface area contributed by atoms with Crippen molar-refractivity contribution in [2.45, 2.75) is 32.6 Å². The monoisotopic (exact) mass is 312 g/mol. The van der Waals surface area contributed by atoms with Gasteiger partial charge in [0.05, 0.1) is 11.3 Å². The van der Waals surface area contributed by atoms with E-state index in [0.717, 1.165) is 19.3 Å². The minimum Gasteiger partial charge on any atom is -0.478 e. The van der Waals surface area contributed by atoms with E-state index in [1.54, 1.807) is 0 Å². The Morgan fingerprint density at radius 1 is 1.38 bits per heavy atom. The number of carboxylic acids is 1. The van der Waals surface area contributed by atoms with Crippen molar-refractivity contribution in [3.8, 4) is 0 Å².